The Hall–Kier alpha value is -1.06. The third-order valence-corrected chi connectivity index (χ3v) is 2.29. The van der Waals surface area contributed by atoms with Gasteiger partial charge in [0.15, 0.2) is 0 Å². The number of aromatic nitrogens is 2. The first-order valence-corrected chi connectivity index (χ1v) is 4.38. The lowest BCUT2D eigenvalue weighted by Gasteiger charge is -2.05. The topological polar surface area (TPSA) is 48.9 Å². The predicted molar refractivity (Wildman–Crippen MR) is 51.7 cm³/mol. The molecule has 13 heavy (non-hydrogen) atoms. The summed E-state index contributed by atoms with van der Waals surface area (Å²) in [5, 5.41) is 17.4. The normalized spacial score (nSPS) is 13.5. The fourth-order valence-electron chi connectivity index (χ4n) is 1.40. The molecule has 1 heterocycles. The fourth-order valence-corrected chi connectivity index (χ4v) is 1.65. The second-order valence-corrected chi connectivity index (χ2v) is 3.33. The Morgan fingerprint density at radius 2 is 2.31 bits per heavy atom. The van der Waals surface area contributed by atoms with E-state index in [1.165, 1.54) is 0 Å². The molecule has 1 unspecified atom stereocenters. The minimum Gasteiger partial charge on any atom is -0.389 e. The summed E-state index contributed by atoms with van der Waals surface area (Å²) in [5.74, 6) is 0. The molecule has 0 saturated carbocycles. The van der Waals surface area contributed by atoms with Crippen molar-refractivity contribution < 1.29 is 5.11 Å². The highest BCUT2D eigenvalue weighted by atomic mass is 35.5. The molecule has 1 atom stereocenters. The second kappa shape index (κ2) is 3.01. The average molecular weight is 197 g/mol. The van der Waals surface area contributed by atoms with Crippen LogP contribution in [0.2, 0.25) is 5.15 Å². The standard InChI is InChI=1S/C9H9ClN2O/c1-5(13)6-3-2-4-7-8(6)9(10)12-11-7/h2-5,13H,1H3,(H,11,12). The summed E-state index contributed by atoms with van der Waals surface area (Å²) in [4.78, 5) is 0. The zero-order valence-electron chi connectivity index (χ0n) is 7.08. The van der Waals surface area contributed by atoms with Gasteiger partial charge in [0.1, 0.15) is 5.15 Å². The zero-order chi connectivity index (χ0) is 9.42. The highest BCUT2D eigenvalue weighted by Crippen LogP contribution is 2.28. The number of halogens is 1. The van der Waals surface area contributed by atoms with Crippen molar-refractivity contribution in [3.05, 3.63) is 28.9 Å². The number of fused-ring (bicyclic) bond motifs is 1. The van der Waals surface area contributed by atoms with E-state index < -0.39 is 6.10 Å². The SMILES string of the molecule is CC(O)c1cccc2n[nH]c(Cl)c12. The van der Waals surface area contributed by atoms with E-state index in [0.29, 0.717) is 5.15 Å². The summed E-state index contributed by atoms with van der Waals surface area (Å²) < 4.78 is 0. The van der Waals surface area contributed by atoms with Crippen molar-refractivity contribution in [2.75, 3.05) is 0 Å². The third kappa shape index (κ3) is 1.30. The quantitative estimate of drug-likeness (QED) is 0.735. The first kappa shape index (κ1) is 8.53. The van der Waals surface area contributed by atoms with Crippen LogP contribution < -0.4 is 0 Å². The maximum absolute atomic E-state index is 9.46. The van der Waals surface area contributed by atoms with E-state index in [9.17, 15) is 5.11 Å². The van der Waals surface area contributed by atoms with Crippen molar-refractivity contribution in [3.8, 4) is 0 Å². The summed E-state index contributed by atoms with van der Waals surface area (Å²) in [6.07, 6.45) is -0.529. The molecule has 0 saturated heterocycles. The Bertz CT molecular complexity index is 436. The van der Waals surface area contributed by atoms with Crippen molar-refractivity contribution in [1.29, 1.82) is 0 Å². The van der Waals surface area contributed by atoms with Crippen LogP contribution >= 0.6 is 11.6 Å². The van der Waals surface area contributed by atoms with E-state index in [1.54, 1.807) is 6.92 Å². The molecule has 0 fully saturated rings. The van der Waals surface area contributed by atoms with Gasteiger partial charge in [-0.15, -0.1) is 0 Å². The summed E-state index contributed by atoms with van der Waals surface area (Å²) in [7, 11) is 0. The van der Waals surface area contributed by atoms with Gasteiger partial charge in [-0.05, 0) is 18.6 Å². The van der Waals surface area contributed by atoms with Gasteiger partial charge in [0, 0.05) is 5.39 Å². The largest absolute Gasteiger partial charge is 0.389 e. The van der Waals surface area contributed by atoms with Gasteiger partial charge in [-0.1, -0.05) is 23.7 Å². The van der Waals surface area contributed by atoms with Crippen LogP contribution in [0.4, 0.5) is 0 Å². The summed E-state index contributed by atoms with van der Waals surface area (Å²) >= 11 is 5.89. The van der Waals surface area contributed by atoms with Gasteiger partial charge < -0.3 is 5.11 Å². The van der Waals surface area contributed by atoms with Crippen LogP contribution in [0.1, 0.15) is 18.6 Å². The van der Waals surface area contributed by atoms with Crippen LogP contribution in [-0.2, 0) is 0 Å². The van der Waals surface area contributed by atoms with E-state index in [4.69, 9.17) is 11.6 Å². The molecule has 0 spiro atoms. The number of aliphatic hydroxyl groups is 1. The number of nitrogens with zero attached hydrogens (tertiary/aromatic N) is 1. The van der Waals surface area contributed by atoms with Gasteiger partial charge >= 0.3 is 0 Å². The maximum atomic E-state index is 9.46. The van der Waals surface area contributed by atoms with Gasteiger partial charge in [0.05, 0.1) is 11.6 Å². The number of benzene rings is 1. The minimum atomic E-state index is -0.529. The molecule has 0 aliphatic heterocycles. The molecule has 2 N–H and O–H groups in total. The number of hydrogen-bond acceptors (Lipinski definition) is 2. The predicted octanol–water partition coefficient (Wildman–Crippen LogP) is 2.27. The molecule has 0 amide bonds. The van der Waals surface area contributed by atoms with Gasteiger partial charge in [0.2, 0.25) is 0 Å². The maximum Gasteiger partial charge on any atom is 0.132 e. The van der Waals surface area contributed by atoms with E-state index >= 15 is 0 Å². The van der Waals surface area contributed by atoms with Crippen LogP contribution in [0, 0.1) is 0 Å². The average Bonchev–Trinajstić information content (AvgIpc) is 2.48. The Kier molecular flexibility index (Phi) is 1.98. The Labute approximate surface area is 80.3 Å². The number of nitrogens with one attached hydrogen (secondary N) is 1. The number of aliphatic hydroxyl groups excluding tert-OH is 1. The lowest BCUT2D eigenvalue weighted by Crippen LogP contribution is -1.91. The fraction of sp³-hybridized carbons (Fsp3) is 0.222. The monoisotopic (exact) mass is 196 g/mol. The minimum absolute atomic E-state index is 0.478. The lowest BCUT2D eigenvalue weighted by atomic mass is 10.1. The van der Waals surface area contributed by atoms with Crippen LogP contribution in [0.25, 0.3) is 10.9 Å². The smallest absolute Gasteiger partial charge is 0.132 e. The summed E-state index contributed by atoms with van der Waals surface area (Å²) in [5.41, 5.74) is 1.58. The first-order chi connectivity index (χ1) is 6.20. The molecule has 1 aromatic carbocycles. The molecule has 2 rings (SSSR count). The van der Waals surface area contributed by atoms with Crippen LogP contribution in [0.5, 0.6) is 0 Å². The number of aromatic amines is 1. The molecule has 0 bridgehead atoms. The zero-order valence-corrected chi connectivity index (χ0v) is 7.84. The summed E-state index contributed by atoms with van der Waals surface area (Å²) in [6, 6.07) is 5.54. The van der Waals surface area contributed by atoms with Gasteiger partial charge in [0.25, 0.3) is 0 Å². The first-order valence-electron chi connectivity index (χ1n) is 4.00. The van der Waals surface area contributed by atoms with Gasteiger partial charge in [-0.25, -0.2) is 0 Å². The number of rotatable bonds is 1. The van der Waals surface area contributed by atoms with E-state index in [0.717, 1.165) is 16.5 Å². The van der Waals surface area contributed by atoms with Crippen molar-refractivity contribution in [1.82, 2.24) is 10.2 Å². The van der Waals surface area contributed by atoms with Crippen LogP contribution in [-0.4, -0.2) is 15.3 Å². The highest BCUT2D eigenvalue weighted by molar-refractivity contribution is 6.34. The van der Waals surface area contributed by atoms with Gasteiger partial charge in [-0.3, -0.25) is 5.10 Å². The molecular formula is C9H9ClN2O. The second-order valence-electron chi connectivity index (χ2n) is 2.95. The number of hydrogen-bond donors (Lipinski definition) is 2. The molecule has 4 heteroatoms. The molecule has 3 nitrogen and oxygen atoms in total. The van der Waals surface area contributed by atoms with E-state index in [1.807, 2.05) is 18.2 Å². The Morgan fingerprint density at radius 3 is 3.00 bits per heavy atom. The van der Waals surface area contributed by atoms with Crippen molar-refractivity contribution in [3.63, 3.8) is 0 Å². The summed E-state index contributed by atoms with van der Waals surface area (Å²) in [6.45, 7) is 1.71. The molecule has 1 aromatic heterocycles. The molecule has 0 radical (unpaired) electrons. The molecule has 0 aliphatic carbocycles. The van der Waals surface area contributed by atoms with Crippen LogP contribution in [0.15, 0.2) is 18.2 Å². The highest BCUT2D eigenvalue weighted by Gasteiger charge is 2.11. The van der Waals surface area contributed by atoms with Crippen LogP contribution in [0.3, 0.4) is 0 Å². The number of H-pyrrole nitrogens is 1. The lowest BCUT2D eigenvalue weighted by molar-refractivity contribution is 0.201. The van der Waals surface area contributed by atoms with E-state index in [2.05, 4.69) is 10.2 Å². The Morgan fingerprint density at radius 1 is 1.54 bits per heavy atom. The molecule has 2 aromatic rings. The van der Waals surface area contributed by atoms with Crippen molar-refractivity contribution in [2.24, 2.45) is 0 Å². The molecule has 68 valence electrons. The van der Waals surface area contributed by atoms with Crippen molar-refractivity contribution in [2.45, 2.75) is 13.0 Å². The third-order valence-electron chi connectivity index (χ3n) is 2.02. The van der Waals surface area contributed by atoms with E-state index in [-0.39, 0.29) is 0 Å². The van der Waals surface area contributed by atoms with Gasteiger partial charge in [-0.2, -0.15) is 5.10 Å². The Balaban J connectivity index is 2.80. The molecular weight excluding hydrogens is 188 g/mol. The van der Waals surface area contributed by atoms with Crippen molar-refractivity contribution >= 4 is 22.5 Å². The molecule has 0 aliphatic rings.